The predicted molar refractivity (Wildman–Crippen MR) is 118 cm³/mol. The van der Waals surface area contributed by atoms with Gasteiger partial charge in [0.1, 0.15) is 24.5 Å². The molecule has 8 heteroatoms. The van der Waals surface area contributed by atoms with E-state index in [9.17, 15) is 24.3 Å². The zero-order chi connectivity index (χ0) is 23.3. The van der Waals surface area contributed by atoms with Crippen molar-refractivity contribution in [2.45, 2.75) is 51.3 Å². The van der Waals surface area contributed by atoms with E-state index in [0.29, 0.717) is 6.42 Å². The van der Waals surface area contributed by atoms with E-state index in [1.165, 1.54) is 0 Å². The first-order valence-electron chi connectivity index (χ1n) is 10.4. The van der Waals surface area contributed by atoms with Gasteiger partial charge in [0, 0.05) is 19.3 Å². The van der Waals surface area contributed by atoms with Crippen LogP contribution >= 0.6 is 0 Å². The summed E-state index contributed by atoms with van der Waals surface area (Å²) >= 11 is 0. The third-order valence-corrected chi connectivity index (χ3v) is 4.82. The molecule has 2 aromatic rings. The van der Waals surface area contributed by atoms with Crippen LogP contribution in [0.2, 0.25) is 0 Å². The lowest BCUT2D eigenvalue weighted by atomic mass is 10.0. The van der Waals surface area contributed by atoms with Gasteiger partial charge in [-0.2, -0.15) is 0 Å². The van der Waals surface area contributed by atoms with E-state index in [1.54, 1.807) is 43.3 Å². The number of hydrogen-bond donors (Lipinski definition) is 3. The predicted octanol–water partition coefficient (Wildman–Crippen LogP) is 2.85. The molecule has 0 aliphatic rings. The highest BCUT2D eigenvalue weighted by Crippen LogP contribution is 2.07. The number of benzene rings is 2. The van der Waals surface area contributed by atoms with Crippen molar-refractivity contribution < 1.29 is 29.0 Å². The van der Waals surface area contributed by atoms with Gasteiger partial charge < -0.3 is 20.5 Å². The highest BCUT2D eigenvalue weighted by Gasteiger charge is 2.27. The van der Waals surface area contributed by atoms with Gasteiger partial charge in [-0.15, -0.1) is 0 Å². The van der Waals surface area contributed by atoms with Crippen molar-refractivity contribution >= 4 is 23.8 Å². The Morgan fingerprint density at radius 3 is 2.03 bits per heavy atom. The van der Waals surface area contributed by atoms with Crippen molar-refractivity contribution in [2.75, 3.05) is 0 Å². The number of ether oxygens (including phenoxy) is 1. The van der Waals surface area contributed by atoms with Crippen LogP contribution in [0.15, 0.2) is 60.7 Å². The number of aliphatic carboxylic acids is 1. The van der Waals surface area contributed by atoms with E-state index in [2.05, 4.69) is 10.6 Å². The molecule has 0 heterocycles. The zero-order valence-corrected chi connectivity index (χ0v) is 18.0. The van der Waals surface area contributed by atoms with E-state index in [1.807, 2.05) is 24.3 Å². The quantitative estimate of drug-likeness (QED) is 0.467. The van der Waals surface area contributed by atoms with Gasteiger partial charge in [-0.3, -0.25) is 9.59 Å². The molecule has 2 atom stereocenters. The highest BCUT2D eigenvalue weighted by molar-refractivity contribution is 5.89. The number of hydrogen-bond acceptors (Lipinski definition) is 5. The first-order valence-corrected chi connectivity index (χ1v) is 10.4. The molecule has 2 aromatic carbocycles. The molecule has 0 saturated carbocycles. The first-order chi connectivity index (χ1) is 15.4. The van der Waals surface area contributed by atoms with Crippen LogP contribution in [0.3, 0.4) is 0 Å². The number of carbonyl (C=O) groups excluding carboxylic acids is 3. The van der Waals surface area contributed by atoms with Gasteiger partial charge in [0.05, 0.1) is 0 Å². The molecule has 32 heavy (non-hydrogen) atoms. The molecule has 0 aromatic heterocycles. The Labute approximate surface area is 187 Å². The topological polar surface area (TPSA) is 122 Å². The van der Waals surface area contributed by atoms with Crippen molar-refractivity contribution in [3.05, 3.63) is 71.8 Å². The Balaban J connectivity index is 2.05. The second kappa shape index (κ2) is 12.9. The Hall–Kier alpha value is -3.68. The number of nitrogens with one attached hydrogen (secondary N) is 2. The molecule has 0 unspecified atom stereocenters. The summed E-state index contributed by atoms with van der Waals surface area (Å²) in [5, 5.41) is 14.4. The van der Waals surface area contributed by atoms with Crippen LogP contribution in [0.1, 0.15) is 37.3 Å². The summed E-state index contributed by atoms with van der Waals surface area (Å²) in [5.74, 6) is -2.00. The summed E-state index contributed by atoms with van der Waals surface area (Å²) in [6.45, 7) is 1.72. The van der Waals surface area contributed by atoms with Crippen LogP contribution < -0.4 is 10.6 Å². The molecule has 0 saturated heterocycles. The highest BCUT2D eigenvalue weighted by atomic mass is 16.5. The van der Waals surface area contributed by atoms with Gasteiger partial charge in [-0.1, -0.05) is 67.6 Å². The molecule has 0 aliphatic carbocycles. The molecule has 0 radical (unpaired) electrons. The van der Waals surface area contributed by atoms with E-state index < -0.39 is 30.1 Å². The third-order valence-electron chi connectivity index (χ3n) is 4.82. The number of carboxylic acid groups (broad SMARTS) is 1. The molecule has 2 amide bonds. The SMILES string of the molecule is CCC(=O)CC[C@H](NC(=O)[C@@H](Cc1ccccc1)NC(=O)OCc1ccccc1)C(=O)O. The second-order valence-electron chi connectivity index (χ2n) is 7.28. The largest absolute Gasteiger partial charge is 0.480 e. The second-order valence-corrected chi connectivity index (χ2v) is 7.28. The summed E-state index contributed by atoms with van der Waals surface area (Å²) in [6, 6.07) is 15.8. The summed E-state index contributed by atoms with van der Waals surface area (Å²) < 4.78 is 5.20. The van der Waals surface area contributed by atoms with Gasteiger partial charge in [-0.05, 0) is 17.5 Å². The number of rotatable bonds is 12. The maximum absolute atomic E-state index is 12.9. The summed E-state index contributed by atoms with van der Waals surface area (Å²) in [5.41, 5.74) is 1.57. The molecular formula is C24H28N2O6. The Kier molecular flexibility index (Phi) is 9.90. The number of carbonyl (C=O) groups is 4. The third kappa shape index (κ3) is 8.59. The molecule has 0 fully saturated rings. The normalized spacial score (nSPS) is 12.3. The Morgan fingerprint density at radius 1 is 0.875 bits per heavy atom. The first kappa shape index (κ1) is 24.6. The number of ketones is 1. The number of alkyl carbamates (subject to hydrolysis) is 1. The number of Topliss-reactive ketones (excluding diaryl/α,β-unsaturated/α-hetero) is 1. The molecule has 0 aliphatic heterocycles. The van der Waals surface area contributed by atoms with Gasteiger partial charge in [0.25, 0.3) is 0 Å². The lowest BCUT2D eigenvalue weighted by Crippen LogP contribution is -2.52. The average Bonchev–Trinajstić information content (AvgIpc) is 2.80. The lowest BCUT2D eigenvalue weighted by molar-refractivity contribution is -0.142. The van der Waals surface area contributed by atoms with Crippen LogP contribution in [-0.2, 0) is 32.1 Å². The van der Waals surface area contributed by atoms with Crippen LogP contribution in [0, 0.1) is 0 Å². The molecular weight excluding hydrogens is 412 g/mol. The van der Waals surface area contributed by atoms with Crippen molar-refractivity contribution in [2.24, 2.45) is 0 Å². The standard InChI is InChI=1S/C24H28N2O6/c1-2-19(27)13-14-20(23(29)30)25-22(28)21(15-17-9-5-3-6-10-17)26-24(31)32-16-18-11-7-4-8-12-18/h3-12,20-21H,2,13-16H2,1H3,(H,25,28)(H,26,31)(H,29,30)/t20-,21+/m0/s1. The molecule has 0 bridgehead atoms. The minimum atomic E-state index is -1.24. The Bertz CT molecular complexity index is 901. The average molecular weight is 440 g/mol. The molecule has 8 nitrogen and oxygen atoms in total. The van der Waals surface area contributed by atoms with E-state index in [-0.39, 0.29) is 31.7 Å². The van der Waals surface area contributed by atoms with Crippen molar-refractivity contribution in [3.63, 3.8) is 0 Å². The molecule has 2 rings (SSSR count). The fraction of sp³-hybridized carbons (Fsp3) is 0.333. The zero-order valence-electron chi connectivity index (χ0n) is 18.0. The summed E-state index contributed by atoms with van der Waals surface area (Å²) in [4.78, 5) is 48.3. The Morgan fingerprint density at radius 2 is 1.47 bits per heavy atom. The minimum absolute atomic E-state index is 0.0236. The number of carboxylic acids is 1. The van der Waals surface area contributed by atoms with E-state index >= 15 is 0 Å². The van der Waals surface area contributed by atoms with E-state index in [4.69, 9.17) is 4.74 Å². The number of amides is 2. The lowest BCUT2D eigenvalue weighted by Gasteiger charge is -2.21. The fourth-order valence-corrected chi connectivity index (χ4v) is 2.98. The maximum Gasteiger partial charge on any atom is 0.408 e. The van der Waals surface area contributed by atoms with Gasteiger partial charge in [0.2, 0.25) is 5.91 Å². The summed E-state index contributed by atoms with van der Waals surface area (Å²) in [6.07, 6.45) is -0.328. The monoisotopic (exact) mass is 440 g/mol. The van der Waals surface area contributed by atoms with Crippen molar-refractivity contribution in [1.82, 2.24) is 10.6 Å². The molecule has 0 spiro atoms. The van der Waals surface area contributed by atoms with Gasteiger partial charge >= 0.3 is 12.1 Å². The minimum Gasteiger partial charge on any atom is -0.480 e. The van der Waals surface area contributed by atoms with Gasteiger partial charge in [-0.25, -0.2) is 9.59 Å². The van der Waals surface area contributed by atoms with Crippen LogP contribution in [0.25, 0.3) is 0 Å². The van der Waals surface area contributed by atoms with E-state index in [0.717, 1.165) is 11.1 Å². The van der Waals surface area contributed by atoms with Crippen LogP contribution in [0.4, 0.5) is 4.79 Å². The smallest absolute Gasteiger partial charge is 0.408 e. The van der Waals surface area contributed by atoms with Crippen LogP contribution in [0.5, 0.6) is 0 Å². The van der Waals surface area contributed by atoms with Crippen molar-refractivity contribution in [3.8, 4) is 0 Å². The summed E-state index contributed by atoms with van der Waals surface area (Å²) in [7, 11) is 0. The van der Waals surface area contributed by atoms with Crippen molar-refractivity contribution in [1.29, 1.82) is 0 Å². The van der Waals surface area contributed by atoms with Gasteiger partial charge in [0.15, 0.2) is 0 Å². The fourth-order valence-electron chi connectivity index (χ4n) is 2.98. The molecule has 3 N–H and O–H groups in total. The molecule has 170 valence electrons. The maximum atomic E-state index is 12.9. The van der Waals surface area contributed by atoms with Crippen LogP contribution in [-0.4, -0.2) is 40.9 Å².